The highest BCUT2D eigenvalue weighted by Crippen LogP contribution is 2.20. The van der Waals surface area contributed by atoms with Gasteiger partial charge < -0.3 is 4.74 Å². The standard InChI is InChI=1S/C15H22FNO/c1-12-9-13(2)11-17(10-12)7-8-18-15-5-3-14(16)4-6-15/h3-6,12-13H,7-11H2,1-2H3/t12-,13-/m1/s1. The number of likely N-dealkylation sites (tertiary alicyclic amines) is 1. The van der Waals surface area contributed by atoms with Crippen molar-refractivity contribution in [3.8, 4) is 5.75 Å². The molecular weight excluding hydrogens is 229 g/mol. The van der Waals surface area contributed by atoms with E-state index in [0.717, 1.165) is 37.2 Å². The Morgan fingerprint density at radius 2 is 1.78 bits per heavy atom. The summed E-state index contributed by atoms with van der Waals surface area (Å²) in [7, 11) is 0. The zero-order chi connectivity index (χ0) is 13.0. The van der Waals surface area contributed by atoms with Crippen molar-refractivity contribution < 1.29 is 9.13 Å². The molecule has 0 saturated carbocycles. The molecule has 2 nitrogen and oxygen atoms in total. The van der Waals surface area contributed by atoms with Crippen molar-refractivity contribution in [2.24, 2.45) is 11.8 Å². The molecule has 1 aromatic carbocycles. The number of halogens is 1. The third-order valence-corrected chi connectivity index (χ3v) is 3.43. The van der Waals surface area contributed by atoms with E-state index in [9.17, 15) is 4.39 Å². The van der Waals surface area contributed by atoms with Gasteiger partial charge >= 0.3 is 0 Å². The van der Waals surface area contributed by atoms with E-state index in [4.69, 9.17) is 4.74 Å². The van der Waals surface area contributed by atoms with Gasteiger partial charge in [-0.15, -0.1) is 0 Å². The number of rotatable bonds is 4. The van der Waals surface area contributed by atoms with Crippen molar-refractivity contribution in [3.63, 3.8) is 0 Å². The second kappa shape index (κ2) is 6.19. The van der Waals surface area contributed by atoms with Crippen LogP contribution >= 0.6 is 0 Å². The third-order valence-electron chi connectivity index (χ3n) is 3.43. The molecular formula is C15H22FNO. The van der Waals surface area contributed by atoms with E-state index in [-0.39, 0.29) is 5.82 Å². The number of benzene rings is 1. The fourth-order valence-electron chi connectivity index (χ4n) is 2.80. The SMILES string of the molecule is C[C@@H]1C[C@@H](C)CN(CCOc2ccc(F)cc2)C1. The minimum Gasteiger partial charge on any atom is -0.492 e. The second-order valence-corrected chi connectivity index (χ2v) is 5.51. The Labute approximate surface area is 109 Å². The highest BCUT2D eigenvalue weighted by atomic mass is 19.1. The lowest BCUT2D eigenvalue weighted by Gasteiger charge is -2.34. The summed E-state index contributed by atoms with van der Waals surface area (Å²) >= 11 is 0. The average molecular weight is 251 g/mol. The topological polar surface area (TPSA) is 12.5 Å². The quantitative estimate of drug-likeness (QED) is 0.815. The van der Waals surface area contributed by atoms with Crippen LogP contribution in [-0.2, 0) is 0 Å². The van der Waals surface area contributed by atoms with Crippen LogP contribution in [-0.4, -0.2) is 31.1 Å². The van der Waals surface area contributed by atoms with Gasteiger partial charge in [0.1, 0.15) is 18.2 Å². The zero-order valence-corrected chi connectivity index (χ0v) is 11.2. The lowest BCUT2D eigenvalue weighted by molar-refractivity contribution is 0.120. The van der Waals surface area contributed by atoms with Gasteiger partial charge in [-0.25, -0.2) is 4.39 Å². The summed E-state index contributed by atoms with van der Waals surface area (Å²) in [5.74, 6) is 2.08. The predicted octanol–water partition coefficient (Wildman–Crippen LogP) is 3.18. The summed E-state index contributed by atoms with van der Waals surface area (Å²) in [6, 6.07) is 6.22. The smallest absolute Gasteiger partial charge is 0.123 e. The van der Waals surface area contributed by atoms with E-state index in [1.165, 1.54) is 18.6 Å². The molecule has 1 aliphatic rings. The Morgan fingerprint density at radius 3 is 2.39 bits per heavy atom. The molecule has 3 heteroatoms. The maximum absolute atomic E-state index is 12.7. The van der Waals surface area contributed by atoms with Gasteiger partial charge in [-0.3, -0.25) is 4.90 Å². The van der Waals surface area contributed by atoms with Gasteiger partial charge in [-0.05, 0) is 42.5 Å². The van der Waals surface area contributed by atoms with Crippen LogP contribution in [0.15, 0.2) is 24.3 Å². The van der Waals surface area contributed by atoms with Crippen LogP contribution in [0.4, 0.5) is 4.39 Å². The van der Waals surface area contributed by atoms with E-state index in [1.807, 2.05) is 0 Å². The Kier molecular flexibility index (Phi) is 4.59. The van der Waals surface area contributed by atoms with E-state index in [0.29, 0.717) is 6.61 Å². The molecule has 0 aliphatic carbocycles. The van der Waals surface area contributed by atoms with E-state index in [1.54, 1.807) is 12.1 Å². The van der Waals surface area contributed by atoms with Crippen LogP contribution in [0, 0.1) is 17.7 Å². The summed E-state index contributed by atoms with van der Waals surface area (Å²) < 4.78 is 18.3. The van der Waals surface area contributed by atoms with Crippen LogP contribution in [0.1, 0.15) is 20.3 Å². The largest absolute Gasteiger partial charge is 0.492 e. The number of hydrogen-bond acceptors (Lipinski definition) is 2. The zero-order valence-electron chi connectivity index (χ0n) is 11.2. The number of nitrogens with zero attached hydrogens (tertiary/aromatic N) is 1. The Hall–Kier alpha value is -1.09. The highest BCUT2D eigenvalue weighted by molar-refractivity contribution is 5.21. The monoisotopic (exact) mass is 251 g/mol. The number of ether oxygens (including phenoxy) is 1. The molecule has 2 rings (SSSR count). The van der Waals surface area contributed by atoms with E-state index >= 15 is 0 Å². The minimum atomic E-state index is -0.221. The molecule has 18 heavy (non-hydrogen) atoms. The van der Waals surface area contributed by atoms with Gasteiger partial charge in [-0.1, -0.05) is 13.8 Å². The summed E-state index contributed by atoms with van der Waals surface area (Å²) in [5.41, 5.74) is 0. The number of piperidine rings is 1. The minimum absolute atomic E-state index is 0.221. The molecule has 1 heterocycles. The molecule has 1 saturated heterocycles. The first-order valence-electron chi connectivity index (χ1n) is 6.74. The highest BCUT2D eigenvalue weighted by Gasteiger charge is 2.21. The van der Waals surface area contributed by atoms with Crippen molar-refractivity contribution in [1.82, 2.24) is 4.90 Å². The van der Waals surface area contributed by atoms with Gasteiger partial charge in [0.2, 0.25) is 0 Å². The molecule has 0 bridgehead atoms. The molecule has 2 atom stereocenters. The van der Waals surface area contributed by atoms with Crippen LogP contribution in [0.5, 0.6) is 5.75 Å². The molecule has 0 aromatic heterocycles. The molecule has 100 valence electrons. The van der Waals surface area contributed by atoms with Crippen molar-refractivity contribution in [2.45, 2.75) is 20.3 Å². The maximum atomic E-state index is 12.7. The first-order chi connectivity index (χ1) is 8.63. The first-order valence-corrected chi connectivity index (χ1v) is 6.74. The maximum Gasteiger partial charge on any atom is 0.123 e. The summed E-state index contributed by atoms with van der Waals surface area (Å²) in [6.07, 6.45) is 1.33. The van der Waals surface area contributed by atoms with Gasteiger partial charge in [0, 0.05) is 19.6 Å². The Bertz CT molecular complexity index is 355. The third kappa shape index (κ3) is 3.98. The van der Waals surface area contributed by atoms with Crippen molar-refractivity contribution in [2.75, 3.05) is 26.2 Å². The van der Waals surface area contributed by atoms with E-state index < -0.39 is 0 Å². The van der Waals surface area contributed by atoms with Crippen molar-refractivity contribution in [3.05, 3.63) is 30.1 Å². The molecule has 1 fully saturated rings. The molecule has 0 amide bonds. The van der Waals surface area contributed by atoms with Crippen LogP contribution in [0.25, 0.3) is 0 Å². The van der Waals surface area contributed by atoms with Crippen molar-refractivity contribution >= 4 is 0 Å². The Balaban J connectivity index is 1.73. The number of hydrogen-bond donors (Lipinski definition) is 0. The van der Waals surface area contributed by atoms with Gasteiger partial charge in [0.15, 0.2) is 0 Å². The normalized spacial score (nSPS) is 25.1. The first kappa shape index (κ1) is 13.3. The van der Waals surface area contributed by atoms with E-state index in [2.05, 4.69) is 18.7 Å². The predicted molar refractivity (Wildman–Crippen MR) is 71.3 cm³/mol. The lowest BCUT2D eigenvalue weighted by Crippen LogP contribution is -2.40. The molecule has 1 aliphatic heterocycles. The van der Waals surface area contributed by atoms with Gasteiger partial charge in [-0.2, -0.15) is 0 Å². The summed E-state index contributed by atoms with van der Waals surface area (Å²) in [6.45, 7) is 8.57. The summed E-state index contributed by atoms with van der Waals surface area (Å²) in [4.78, 5) is 2.46. The van der Waals surface area contributed by atoms with Crippen LogP contribution in [0.3, 0.4) is 0 Å². The average Bonchev–Trinajstić information content (AvgIpc) is 2.30. The fraction of sp³-hybridized carbons (Fsp3) is 0.600. The van der Waals surface area contributed by atoms with Gasteiger partial charge in [0.05, 0.1) is 0 Å². The molecule has 0 spiro atoms. The molecule has 0 N–H and O–H groups in total. The Morgan fingerprint density at radius 1 is 1.17 bits per heavy atom. The molecule has 1 aromatic rings. The fourth-order valence-corrected chi connectivity index (χ4v) is 2.80. The van der Waals surface area contributed by atoms with Crippen LogP contribution in [0.2, 0.25) is 0 Å². The van der Waals surface area contributed by atoms with Crippen LogP contribution < -0.4 is 4.74 Å². The molecule has 0 radical (unpaired) electrons. The van der Waals surface area contributed by atoms with Crippen molar-refractivity contribution in [1.29, 1.82) is 0 Å². The summed E-state index contributed by atoms with van der Waals surface area (Å²) in [5, 5.41) is 0. The van der Waals surface area contributed by atoms with Gasteiger partial charge in [0.25, 0.3) is 0 Å². The molecule has 0 unspecified atom stereocenters. The lowest BCUT2D eigenvalue weighted by atomic mass is 9.92. The second-order valence-electron chi connectivity index (χ2n) is 5.51.